The average Bonchev–Trinajstić information content (AvgIpc) is 3.30. The van der Waals surface area contributed by atoms with E-state index >= 15 is 0 Å². The zero-order valence-electron chi connectivity index (χ0n) is 17.3. The first kappa shape index (κ1) is 20.3. The molecule has 1 saturated heterocycles. The molecule has 2 aliphatic rings. The molecule has 1 unspecified atom stereocenters. The molecule has 9 heteroatoms. The van der Waals surface area contributed by atoms with Crippen molar-refractivity contribution in [2.75, 3.05) is 0 Å². The number of amides is 4. The Hall–Kier alpha value is -3.59. The molecule has 0 spiro atoms. The van der Waals surface area contributed by atoms with Gasteiger partial charge >= 0.3 is 0 Å². The van der Waals surface area contributed by atoms with Crippen LogP contribution in [0.25, 0.3) is 10.2 Å². The highest BCUT2D eigenvalue weighted by molar-refractivity contribution is 7.18. The first-order valence-corrected chi connectivity index (χ1v) is 11.1. The van der Waals surface area contributed by atoms with Crippen molar-refractivity contribution < 1.29 is 19.2 Å². The Balaban J connectivity index is 1.27. The number of benzene rings is 2. The number of fused-ring (bicyclic) bond motifs is 2. The zero-order valence-corrected chi connectivity index (χ0v) is 18.1. The molecule has 0 saturated carbocycles. The molecule has 2 N–H and O–H groups in total. The highest BCUT2D eigenvalue weighted by atomic mass is 32.1. The van der Waals surface area contributed by atoms with E-state index in [-0.39, 0.29) is 30.7 Å². The predicted molar refractivity (Wildman–Crippen MR) is 118 cm³/mol. The Morgan fingerprint density at radius 2 is 2.06 bits per heavy atom. The number of carbonyl (C=O) groups is 4. The van der Waals surface area contributed by atoms with Crippen molar-refractivity contribution in [3.63, 3.8) is 0 Å². The summed E-state index contributed by atoms with van der Waals surface area (Å²) in [5.74, 6) is -1.18. The molecule has 3 aromatic rings. The van der Waals surface area contributed by atoms with Crippen LogP contribution in [-0.4, -0.2) is 39.6 Å². The number of thiazole rings is 1. The summed E-state index contributed by atoms with van der Waals surface area (Å²) < 4.78 is 1.04. The molecule has 5 rings (SSSR count). The van der Waals surface area contributed by atoms with Gasteiger partial charge in [0.2, 0.25) is 11.8 Å². The van der Waals surface area contributed by atoms with Gasteiger partial charge in [-0.1, -0.05) is 12.1 Å². The van der Waals surface area contributed by atoms with Gasteiger partial charge in [0.05, 0.1) is 15.2 Å². The van der Waals surface area contributed by atoms with Crippen LogP contribution in [0.3, 0.4) is 0 Å². The van der Waals surface area contributed by atoms with Crippen molar-refractivity contribution in [1.29, 1.82) is 0 Å². The Labute approximate surface area is 187 Å². The van der Waals surface area contributed by atoms with E-state index in [0.717, 1.165) is 26.4 Å². The summed E-state index contributed by atoms with van der Waals surface area (Å²) in [5.41, 5.74) is 3.49. The summed E-state index contributed by atoms with van der Waals surface area (Å²) in [4.78, 5) is 55.0. The summed E-state index contributed by atoms with van der Waals surface area (Å²) in [6, 6.07) is 10.3. The van der Waals surface area contributed by atoms with Gasteiger partial charge in [-0.2, -0.15) is 0 Å². The molecule has 1 fully saturated rings. The van der Waals surface area contributed by atoms with E-state index in [9.17, 15) is 19.2 Å². The SMILES string of the molecule is Cc1nc2cc(C(=O)NCc3ccc4c(c3)C(=O)N(C3CCC(=O)NC3=O)C4)ccc2s1. The van der Waals surface area contributed by atoms with Gasteiger partial charge in [-0.3, -0.25) is 24.5 Å². The van der Waals surface area contributed by atoms with E-state index in [1.54, 1.807) is 29.5 Å². The van der Waals surface area contributed by atoms with Crippen molar-refractivity contribution in [2.24, 2.45) is 0 Å². The summed E-state index contributed by atoms with van der Waals surface area (Å²) in [6.45, 7) is 2.53. The van der Waals surface area contributed by atoms with Crippen LogP contribution in [-0.2, 0) is 22.7 Å². The standard InChI is InChI=1S/C23H20N4O4S/c1-12-25-17-9-14(4-6-19(17)32-12)21(29)24-10-13-2-3-15-11-27(23(31)16(15)8-13)18-5-7-20(28)26-22(18)30/h2-4,6,8-9,18H,5,7,10-11H2,1H3,(H,24,29)(H,26,28,30). The number of nitrogens with one attached hydrogen (secondary N) is 2. The molecule has 3 heterocycles. The van der Waals surface area contributed by atoms with Gasteiger partial charge in [0.25, 0.3) is 11.8 Å². The first-order chi connectivity index (χ1) is 15.4. The van der Waals surface area contributed by atoms with Gasteiger partial charge in [-0.15, -0.1) is 11.3 Å². The minimum absolute atomic E-state index is 0.213. The number of carbonyl (C=O) groups excluding carboxylic acids is 4. The number of hydrogen-bond donors (Lipinski definition) is 2. The molecule has 0 radical (unpaired) electrons. The number of rotatable bonds is 4. The van der Waals surface area contributed by atoms with E-state index < -0.39 is 11.9 Å². The Morgan fingerprint density at radius 1 is 1.22 bits per heavy atom. The van der Waals surface area contributed by atoms with Gasteiger partial charge in [0.1, 0.15) is 6.04 Å². The second-order valence-electron chi connectivity index (χ2n) is 7.99. The minimum Gasteiger partial charge on any atom is -0.348 e. The molecule has 1 atom stereocenters. The van der Waals surface area contributed by atoms with Crippen LogP contribution >= 0.6 is 11.3 Å². The summed E-state index contributed by atoms with van der Waals surface area (Å²) >= 11 is 1.58. The molecule has 4 amide bonds. The summed E-state index contributed by atoms with van der Waals surface area (Å²) in [7, 11) is 0. The van der Waals surface area contributed by atoms with Crippen LogP contribution in [0, 0.1) is 6.92 Å². The number of piperidine rings is 1. The molecule has 32 heavy (non-hydrogen) atoms. The number of imide groups is 1. The normalized spacial score (nSPS) is 18.1. The third kappa shape index (κ3) is 3.64. The van der Waals surface area contributed by atoms with Gasteiger partial charge < -0.3 is 10.2 Å². The monoisotopic (exact) mass is 448 g/mol. The lowest BCUT2D eigenvalue weighted by atomic mass is 10.0. The van der Waals surface area contributed by atoms with E-state index in [1.807, 2.05) is 25.1 Å². The Kier molecular flexibility index (Phi) is 4.97. The quantitative estimate of drug-likeness (QED) is 0.596. The van der Waals surface area contributed by atoms with E-state index in [1.165, 1.54) is 4.90 Å². The van der Waals surface area contributed by atoms with E-state index in [0.29, 0.717) is 24.1 Å². The van der Waals surface area contributed by atoms with Gasteiger partial charge in [0, 0.05) is 30.6 Å². The maximum atomic E-state index is 12.9. The van der Waals surface area contributed by atoms with Crippen molar-refractivity contribution in [3.05, 3.63) is 63.7 Å². The molecule has 0 bridgehead atoms. The molecule has 2 aromatic carbocycles. The third-order valence-electron chi connectivity index (χ3n) is 5.80. The van der Waals surface area contributed by atoms with Gasteiger partial charge in [0.15, 0.2) is 0 Å². The average molecular weight is 449 g/mol. The fourth-order valence-electron chi connectivity index (χ4n) is 4.18. The summed E-state index contributed by atoms with van der Waals surface area (Å²) in [5, 5.41) is 6.14. The molecular formula is C23H20N4O4S. The maximum absolute atomic E-state index is 12.9. The molecular weight excluding hydrogens is 428 g/mol. The van der Waals surface area contributed by atoms with Crippen molar-refractivity contribution in [2.45, 2.75) is 38.9 Å². The Morgan fingerprint density at radius 3 is 2.88 bits per heavy atom. The topological polar surface area (TPSA) is 108 Å². The molecule has 8 nitrogen and oxygen atoms in total. The highest BCUT2D eigenvalue weighted by Crippen LogP contribution is 2.28. The lowest BCUT2D eigenvalue weighted by molar-refractivity contribution is -0.136. The smallest absolute Gasteiger partial charge is 0.255 e. The first-order valence-electron chi connectivity index (χ1n) is 10.3. The molecule has 0 aliphatic carbocycles. The molecule has 2 aliphatic heterocycles. The lowest BCUT2D eigenvalue weighted by Gasteiger charge is -2.29. The van der Waals surface area contributed by atoms with Gasteiger partial charge in [-0.05, 0) is 48.7 Å². The molecule has 162 valence electrons. The number of aromatic nitrogens is 1. The second-order valence-corrected chi connectivity index (χ2v) is 9.22. The number of hydrogen-bond acceptors (Lipinski definition) is 6. The van der Waals surface area contributed by atoms with Crippen LogP contribution in [0.4, 0.5) is 0 Å². The fraction of sp³-hybridized carbons (Fsp3) is 0.261. The van der Waals surface area contributed by atoms with Crippen molar-refractivity contribution in [3.8, 4) is 0 Å². The predicted octanol–water partition coefficient (Wildman–Crippen LogP) is 2.30. The van der Waals surface area contributed by atoms with E-state index in [4.69, 9.17) is 0 Å². The van der Waals surface area contributed by atoms with Crippen LogP contribution < -0.4 is 10.6 Å². The van der Waals surface area contributed by atoms with Gasteiger partial charge in [-0.25, -0.2) is 4.98 Å². The summed E-state index contributed by atoms with van der Waals surface area (Å²) in [6.07, 6.45) is 0.552. The fourth-order valence-corrected chi connectivity index (χ4v) is 4.99. The van der Waals surface area contributed by atoms with Crippen LogP contribution in [0.5, 0.6) is 0 Å². The largest absolute Gasteiger partial charge is 0.348 e. The lowest BCUT2D eigenvalue weighted by Crippen LogP contribution is -2.52. The van der Waals surface area contributed by atoms with Crippen molar-refractivity contribution in [1.82, 2.24) is 20.5 Å². The highest BCUT2D eigenvalue weighted by Gasteiger charge is 2.39. The minimum atomic E-state index is -0.639. The second kappa shape index (κ2) is 7.83. The van der Waals surface area contributed by atoms with E-state index in [2.05, 4.69) is 15.6 Å². The number of aryl methyl sites for hydroxylation is 1. The van der Waals surface area contributed by atoms with Crippen LogP contribution in [0.15, 0.2) is 36.4 Å². The third-order valence-corrected chi connectivity index (χ3v) is 6.75. The number of nitrogens with zero attached hydrogens (tertiary/aromatic N) is 2. The van der Waals surface area contributed by atoms with Crippen molar-refractivity contribution >= 4 is 45.2 Å². The van der Waals surface area contributed by atoms with Crippen LogP contribution in [0.2, 0.25) is 0 Å². The maximum Gasteiger partial charge on any atom is 0.255 e. The van der Waals surface area contributed by atoms with Crippen LogP contribution in [0.1, 0.15) is 49.7 Å². The zero-order chi connectivity index (χ0) is 22.4. The Bertz CT molecular complexity index is 1300. The molecule has 1 aromatic heterocycles.